The molecule has 1 amide bonds. The molecule has 2 N–H and O–H groups in total. The molecule has 5 rings (SSSR count). The summed E-state index contributed by atoms with van der Waals surface area (Å²) in [6.07, 6.45) is 3.46. The number of carbonyl (C=O) groups excluding carboxylic acids is 1. The van der Waals surface area contributed by atoms with Gasteiger partial charge in [0.1, 0.15) is 17.1 Å². The molecule has 208 valence electrons. The van der Waals surface area contributed by atoms with Crippen LogP contribution in [0.15, 0.2) is 30.3 Å². The number of aromatic amines is 1. The predicted octanol–water partition coefficient (Wildman–Crippen LogP) is 4.71. The Bertz CT molecular complexity index is 1510. The highest BCUT2D eigenvalue weighted by Gasteiger charge is 2.48. The molecule has 9 nitrogen and oxygen atoms in total. The summed E-state index contributed by atoms with van der Waals surface area (Å²) >= 11 is 0. The SMILES string of the molecule is CCCCCOc1ccc(C2c3c(-c4cc(C)c(C)cc4O)n[nH]c3C(=O)N2C2CCS(=O)(=O)C2)cc1OC. The molecule has 0 saturated carbocycles. The van der Waals surface area contributed by atoms with E-state index in [0.29, 0.717) is 47.0 Å². The molecule has 1 fully saturated rings. The molecule has 0 aliphatic carbocycles. The van der Waals surface area contributed by atoms with E-state index in [1.54, 1.807) is 18.1 Å². The van der Waals surface area contributed by atoms with E-state index in [0.717, 1.165) is 36.0 Å². The smallest absolute Gasteiger partial charge is 0.273 e. The number of rotatable bonds is 9. The number of aryl methyl sites for hydroxylation is 2. The van der Waals surface area contributed by atoms with Crippen molar-refractivity contribution in [3.05, 3.63) is 58.3 Å². The van der Waals surface area contributed by atoms with Crippen molar-refractivity contribution in [3.63, 3.8) is 0 Å². The third kappa shape index (κ3) is 4.97. The second-order valence-electron chi connectivity index (χ2n) is 10.5. The molecule has 2 aromatic carbocycles. The fourth-order valence-corrected chi connectivity index (χ4v) is 7.28. The number of hydrogen-bond acceptors (Lipinski definition) is 7. The number of fused-ring (bicyclic) bond motifs is 1. The number of aromatic nitrogens is 2. The van der Waals surface area contributed by atoms with Gasteiger partial charge in [0, 0.05) is 17.2 Å². The van der Waals surface area contributed by atoms with E-state index in [1.807, 2.05) is 38.1 Å². The Morgan fingerprint density at radius 1 is 1.13 bits per heavy atom. The van der Waals surface area contributed by atoms with E-state index in [4.69, 9.17) is 9.47 Å². The number of nitrogens with one attached hydrogen (secondary N) is 1. The van der Waals surface area contributed by atoms with Crippen molar-refractivity contribution in [1.82, 2.24) is 15.1 Å². The molecule has 39 heavy (non-hydrogen) atoms. The Kier molecular flexibility index (Phi) is 7.33. The van der Waals surface area contributed by atoms with Crippen molar-refractivity contribution in [3.8, 4) is 28.5 Å². The van der Waals surface area contributed by atoms with Gasteiger partial charge in [-0.05, 0) is 67.6 Å². The van der Waals surface area contributed by atoms with E-state index in [1.165, 1.54) is 0 Å². The third-order valence-electron chi connectivity index (χ3n) is 7.78. The molecule has 0 spiro atoms. The van der Waals surface area contributed by atoms with Crippen LogP contribution >= 0.6 is 0 Å². The van der Waals surface area contributed by atoms with Crippen molar-refractivity contribution in [2.24, 2.45) is 0 Å². The molecule has 0 bridgehead atoms. The van der Waals surface area contributed by atoms with Crippen LogP contribution in [-0.2, 0) is 9.84 Å². The maximum Gasteiger partial charge on any atom is 0.273 e. The number of nitrogens with zero attached hydrogens (tertiary/aromatic N) is 2. The van der Waals surface area contributed by atoms with E-state index in [9.17, 15) is 18.3 Å². The number of sulfone groups is 1. The van der Waals surface area contributed by atoms with Crippen LogP contribution in [0.5, 0.6) is 17.2 Å². The molecule has 2 aliphatic heterocycles. The molecule has 2 unspecified atom stereocenters. The van der Waals surface area contributed by atoms with E-state index >= 15 is 0 Å². The number of amides is 1. The number of unbranched alkanes of at least 4 members (excludes halogenated alkanes) is 2. The number of aromatic hydroxyl groups is 1. The molecule has 1 saturated heterocycles. The second-order valence-corrected chi connectivity index (χ2v) is 12.7. The highest BCUT2D eigenvalue weighted by Crippen LogP contribution is 2.48. The first-order valence-electron chi connectivity index (χ1n) is 13.4. The van der Waals surface area contributed by atoms with Gasteiger partial charge in [0.2, 0.25) is 0 Å². The van der Waals surface area contributed by atoms with Crippen LogP contribution in [0.25, 0.3) is 11.3 Å². The van der Waals surface area contributed by atoms with Crippen molar-refractivity contribution in [2.45, 2.75) is 58.5 Å². The maximum absolute atomic E-state index is 13.8. The number of hydrogen-bond donors (Lipinski definition) is 2. The summed E-state index contributed by atoms with van der Waals surface area (Å²) in [4.78, 5) is 15.5. The van der Waals surface area contributed by atoms with Gasteiger partial charge in [0.15, 0.2) is 21.3 Å². The number of carbonyl (C=O) groups is 1. The lowest BCUT2D eigenvalue weighted by Gasteiger charge is -2.31. The van der Waals surface area contributed by atoms with Crippen LogP contribution in [0.3, 0.4) is 0 Å². The fraction of sp³-hybridized carbons (Fsp3) is 0.448. The molecular weight excluding hydrogens is 518 g/mol. The first-order chi connectivity index (χ1) is 18.6. The molecule has 2 atom stereocenters. The van der Waals surface area contributed by atoms with Crippen LogP contribution in [0.4, 0.5) is 0 Å². The van der Waals surface area contributed by atoms with Gasteiger partial charge in [-0.15, -0.1) is 0 Å². The van der Waals surface area contributed by atoms with Gasteiger partial charge in [0.05, 0.1) is 31.3 Å². The maximum atomic E-state index is 13.8. The van der Waals surface area contributed by atoms with Crippen LogP contribution in [-0.4, -0.2) is 65.8 Å². The molecule has 0 radical (unpaired) electrons. The largest absolute Gasteiger partial charge is 0.507 e. The highest BCUT2D eigenvalue weighted by molar-refractivity contribution is 7.91. The van der Waals surface area contributed by atoms with Crippen LogP contribution in [0, 0.1) is 13.8 Å². The highest BCUT2D eigenvalue weighted by atomic mass is 32.2. The summed E-state index contributed by atoms with van der Waals surface area (Å²) in [5.41, 5.74) is 4.55. The van der Waals surface area contributed by atoms with Gasteiger partial charge < -0.3 is 19.5 Å². The van der Waals surface area contributed by atoms with E-state index in [-0.39, 0.29) is 23.2 Å². The third-order valence-corrected chi connectivity index (χ3v) is 9.53. The van der Waals surface area contributed by atoms with E-state index < -0.39 is 21.9 Å². The zero-order valence-corrected chi connectivity index (χ0v) is 23.6. The number of methoxy groups -OCH3 is 1. The predicted molar refractivity (Wildman–Crippen MR) is 148 cm³/mol. The topological polar surface area (TPSA) is 122 Å². The lowest BCUT2D eigenvalue weighted by atomic mass is 9.93. The van der Waals surface area contributed by atoms with Crippen LogP contribution in [0.2, 0.25) is 0 Å². The minimum Gasteiger partial charge on any atom is -0.507 e. The van der Waals surface area contributed by atoms with Crippen LogP contribution < -0.4 is 9.47 Å². The first-order valence-corrected chi connectivity index (χ1v) is 15.2. The van der Waals surface area contributed by atoms with Gasteiger partial charge in [-0.25, -0.2) is 8.42 Å². The summed E-state index contributed by atoms with van der Waals surface area (Å²) in [6.45, 7) is 6.57. The van der Waals surface area contributed by atoms with Crippen molar-refractivity contribution in [2.75, 3.05) is 25.2 Å². The number of phenolic OH excluding ortho intramolecular Hbond substituents is 1. The number of H-pyrrole nitrogens is 1. The minimum atomic E-state index is -3.25. The summed E-state index contributed by atoms with van der Waals surface area (Å²) < 4.78 is 36.5. The summed E-state index contributed by atoms with van der Waals surface area (Å²) in [5, 5.41) is 18.2. The summed E-state index contributed by atoms with van der Waals surface area (Å²) in [5.74, 6) is 0.845. The molecule has 3 heterocycles. The zero-order chi connectivity index (χ0) is 27.9. The molecule has 10 heteroatoms. The Hall–Kier alpha value is -3.53. The van der Waals surface area contributed by atoms with Crippen molar-refractivity contribution < 1.29 is 27.8 Å². The zero-order valence-electron chi connectivity index (χ0n) is 22.8. The van der Waals surface area contributed by atoms with Gasteiger partial charge in [-0.2, -0.15) is 5.10 Å². The summed E-state index contributed by atoms with van der Waals surface area (Å²) in [7, 11) is -1.68. The number of phenols is 1. The number of ether oxygens (including phenoxy) is 2. The minimum absolute atomic E-state index is 0.0407. The fourth-order valence-electron chi connectivity index (χ4n) is 5.57. The average molecular weight is 554 g/mol. The van der Waals surface area contributed by atoms with Gasteiger partial charge in [-0.1, -0.05) is 25.8 Å². The van der Waals surface area contributed by atoms with Gasteiger partial charge in [0.25, 0.3) is 5.91 Å². The molecule has 2 aliphatic rings. The molecule has 1 aromatic heterocycles. The molecular formula is C29H35N3O6S. The van der Waals surface area contributed by atoms with Crippen LogP contribution in [0.1, 0.15) is 71.4 Å². The normalized spacial score (nSPS) is 19.9. The van der Waals surface area contributed by atoms with E-state index in [2.05, 4.69) is 17.1 Å². The molecule has 3 aromatic rings. The van der Waals surface area contributed by atoms with Crippen molar-refractivity contribution in [1.29, 1.82) is 0 Å². The number of benzene rings is 2. The Morgan fingerprint density at radius 2 is 1.90 bits per heavy atom. The Balaban J connectivity index is 1.62. The van der Waals surface area contributed by atoms with Gasteiger partial charge in [-0.3, -0.25) is 9.89 Å². The Labute approximate surface area is 229 Å². The average Bonchev–Trinajstić information content (AvgIpc) is 3.57. The standard InChI is InChI=1S/C29H35N3O6S/c1-5-6-7-11-38-23-9-8-19(15-24(23)37-4)28-25-26(21-13-17(2)18(3)14-22(21)33)30-31-27(25)29(34)32(28)20-10-12-39(35,36)16-20/h8-9,13-15,20,28,33H,5-7,10-12,16H2,1-4H3,(H,30,31). The monoisotopic (exact) mass is 553 g/mol. The first kappa shape index (κ1) is 27.1. The lowest BCUT2D eigenvalue weighted by Crippen LogP contribution is -2.40. The summed E-state index contributed by atoms with van der Waals surface area (Å²) in [6, 6.07) is 8.01. The quantitative estimate of drug-likeness (QED) is 0.368. The Morgan fingerprint density at radius 3 is 2.59 bits per heavy atom. The lowest BCUT2D eigenvalue weighted by molar-refractivity contribution is 0.0677. The second kappa shape index (κ2) is 10.6. The van der Waals surface area contributed by atoms with Gasteiger partial charge >= 0.3 is 0 Å². The van der Waals surface area contributed by atoms with Crippen molar-refractivity contribution >= 4 is 15.7 Å².